The molecule has 2 nitrogen and oxygen atoms in total. The Labute approximate surface area is 89.9 Å². The van der Waals surface area contributed by atoms with E-state index in [2.05, 4.69) is 38.3 Å². The van der Waals surface area contributed by atoms with Crippen LogP contribution < -0.4 is 10.6 Å². The number of nitrogens with one attached hydrogen (secondary N) is 2. The van der Waals surface area contributed by atoms with Gasteiger partial charge in [0.1, 0.15) is 0 Å². The van der Waals surface area contributed by atoms with Gasteiger partial charge in [0.15, 0.2) is 0 Å². The molecule has 0 aromatic carbocycles. The molecule has 0 aliphatic rings. The normalized spacial score (nSPS) is 13.5. The predicted octanol–water partition coefficient (Wildman–Crippen LogP) is 2.40. The third-order valence-electron chi connectivity index (χ3n) is 2.79. The molecule has 0 radical (unpaired) electrons. The second kappa shape index (κ2) is 9.47. The van der Waals surface area contributed by atoms with Gasteiger partial charge in [-0.25, -0.2) is 0 Å². The van der Waals surface area contributed by atoms with E-state index in [1.54, 1.807) is 0 Å². The molecule has 0 aliphatic heterocycles. The summed E-state index contributed by atoms with van der Waals surface area (Å²) < 4.78 is 0. The van der Waals surface area contributed by atoms with Gasteiger partial charge in [0.25, 0.3) is 0 Å². The Bertz CT molecular complexity index is 111. The Morgan fingerprint density at radius 2 is 1.64 bits per heavy atom. The van der Waals surface area contributed by atoms with E-state index in [9.17, 15) is 0 Å². The Hall–Kier alpha value is -0.0800. The Morgan fingerprint density at radius 3 is 2.14 bits per heavy atom. The molecule has 0 heterocycles. The monoisotopic (exact) mass is 200 g/mol. The van der Waals surface area contributed by atoms with Gasteiger partial charge < -0.3 is 10.6 Å². The van der Waals surface area contributed by atoms with Gasteiger partial charge in [-0.05, 0) is 32.4 Å². The Balaban J connectivity index is 3.37. The standard InChI is InChI=1S/C12H28N2/c1-5-8-13-9-11(4)14-10-12(6-2)7-3/h11-14H,5-10H2,1-4H3. The summed E-state index contributed by atoms with van der Waals surface area (Å²) in [6.07, 6.45) is 3.80. The molecule has 0 spiro atoms. The van der Waals surface area contributed by atoms with Crippen molar-refractivity contribution in [3.63, 3.8) is 0 Å². The van der Waals surface area contributed by atoms with Gasteiger partial charge >= 0.3 is 0 Å². The van der Waals surface area contributed by atoms with Crippen LogP contribution in [0.25, 0.3) is 0 Å². The highest BCUT2D eigenvalue weighted by molar-refractivity contribution is 4.66. The lowest BCUT2D eigenvalue weighted by Crippen LogP contribution is -2.38. The van der Waals surface area contributed by atoms with E-state index in [0.717, 1.165) is 19.0 Å². The summed E-state index contributed by atoms with van der Waals surface area (Å²) >= 11 is 0. The fourth-order valence-corrected chi connectivity index (χ4v) is 1.51. The van der Waals surface area contributed by atoms with Crippen LogP contribution in [0.2, 0.25) is 0 Å². The molecule has 0 amide bonds. The first-order chi connectivity index (χ1) is 6.74. The van der Waals surface area contributed by atoms with E-state index in [1.807, 2.05) is 0 Å². The second-order valence-corrected chi connectivity index (χ2v) is 4.20. The van der Waals surface area contributed by atoms with Crippen molar-refractivity contribution in [1.29, 1.82) is 0 Å². The number of rotatable bonds is 9. The largest absolute Gasteiger partial charge is 0.315 e. The lowest BCUT2D eigenvalue weighted by atomic mass is 10.0. The fourth-order valence-electron chi connectivity index (χ4n) is 1.51. The third kappa shape index (κ3) is 7.34. The highest BCUT2D eigenvalue weighted by Crippen LogP contribution is 2.05. The van der Waals surface area contributed by atoms with E-state index in [4.69, 9.17) is 0 Å². The molecule has 0 fully saturated rings. The molecular weight excluding hydrogens is 172 g/mol. The third-order valence-corrected chi connectivity index (χ3v) is 2.79. The van der Waals surface area contributed by atoms with Gasteiger partial charge in [-0.3, -0.25) is 0 Å². The van der Waals surface area contributed by atoms with Crippen molar-refractivity contribution in [2.24, 2.45) is 5.92 Å². The molecule has 86 valence electrons. The van der Waals surface area contributed by atoms with E-state index in [1.165, 1.54) is 25.8 Å². The van der Waals surface area contributed by atoms with Crippen LogP contribution in [0, 0.1) is 5.92 Å². The van der Waals surface area contributed by atoms with Crippen LogP contribution in [0.4, 0.5) is 0 Å². The molecule has 0 bridgehead atoms. The van der Waals surface area contributed by atoms with Crippen molar-refractivity contribution in [1.82, 2.24) is 10.6 Å². The summed E-state index contributed by atoms with van der Waals surface area (Å²) in [5, 5.41) is 7.01. The maximum atomic E-state index is 3.58. The van der Waals surface area contributed by atoms with Gasteiger partial charge in [0, 0.05) is 12.6 Å². The lowest BCUT2D eigenvalue weighted by molar-refractivity contribution is 0.407. The molecule has 2 heteroatoms. The van der Waals surface area contributed by atoms with Gasteiger partial charge in [0.05, 0.1) is 0 Å². The second-order valence-electron chi connectivity index (χ2n) is 4.20. The summed E-state index contributed by atoms with van der Waals surface area (Å²) in [6.45, 7) is 12.4. The first-order valence-corrected chi connectivity index (χ1v) is 6.18. The van der Waals surface area contributed by atoms with Gasteiger partial charge in [-0.2, -0.15) is 0 Å². The van der Waals surface area contributed by atoms with Crippen molar-refractivity contribution in [2.75, 3.05) is 19.6 Å². The molecule has 0 rings (SSSR count). The zero-order valence-electron chi connectivity index (χ0n) is 10.4. The molecular formula is C12H28N2. The van der Waals surface area contributed by atoms with Crippen LogP contribution in [-0.4, -0.2) is 25.7 Å². The zero-order chi connectivity index (χ0) is 10.8. The SMILES string of the molecule is CCCNCC(C)NCC(CC)CC. The van der Waals surface area contributed by atoms with Crippen LogP contribution in [0.3, 0.4) is 0 Å². The van der Waals surface area contributed by atoms with Crippen molar-refractivity contribution < 1.29 is 0 Å². The number of hydrogen-bond acceptors (Lipinski definition) is 2. The van der Waals surface area contributed by atoms with Gasteiger partial charge in [-0.15, -0.1) is 0 Å². The minimum atomic E-state index is 0.599. The average Bonchev–Trinajstić information content (AvgIpc) is 2.20. The Kier molecular flexibility index (Phi) is 9.42. The summed E-state index contributed by atoms with van der Waals surface area (Å²) in [5.74, 6) is 0.851. The minimum Gasteiger partial charge on any atom is -0.315 e. The number of hydrogen-bond donors (Lipinski definition) is 2. The van der Waals surface area contributed by atoms with E-state index < -0.39 is 0 Å². The lowest BCUT2D eigenvalue weighted by Gasteiger charge is -2.18. The summed E-state index contributed by atoms with van der Waals surface area (Å²) in [6, 6.07) is 0.599. The molecule has 0 aliphatic carbocycles. The molecule has 2 N–H and O–H groups in total. The molecule has 1 atom stereocenters. The maximum absolute atomic E-state index is 3.58. The van der Waals surface area contributed by atoms with E-state index in [-0.39, 0.29) is 0 Å². The summed E-state index contributed by atoms with van der Waals surface area (Å²) in [4.78, 5) is 0. The highest BCUT2D eigenvalue weighted by atomic mass is 15.0. The molecule has 0 saturated heterocycles. The van der Waals surface area contributed by atoms with Crippen molar-refractivity contribution >= 4 is 0 Å². The Morgan fingerprint density at radius 1 is 1.00 bits per heavy atom. The van der Waals surface area contributed by atoms with Crippen LogP contribution in [0.5, 0.6) is 0 Å². The maximum Gasteiger partial charge on any atom is 0.0164 e. The van der Waals surface area contributed by atoms with Crippen LogP contribution in [-0.2, 0) is 0 Å². The van der Waals surface area contributed by atoms with Crippen LogP contribution in [0.15, 0.2) is 0 Å². The van der Waals surface area contributed by atoms with E-state index in [0.29, 0.717) is 6.04 Å². The van der Waals surface area contributed by atoms with Crippen LogP contribution in [0.1, 0.15) is 47.0 Å². The smallest absolute Gasteiger partial charge is 0.0164 e. The molecule has 1 unspecified atom stereocenters. The molecule has 0 saturated carbocycles. The molecule has 0 aromatic heterocycles. The highest BCUT2D eigenvalue weighted by Gasteiger charge is 2.05. The van der Waals surface area contributed by atoms with E-state index >= 15 is 0 Å². The first-order valence-electron chi connectivity index (χ1n) is 6.18. The van der Waals surface area contributed by atoms with Crippen LogP contribution >= 0.6 is 0 Å². The van der Waals surface area contributed by atoms with Crippen molar-refractivity contribution in [2.45, 2.75) is 53.0 Å². The average molecular weight is 200 g/mol. The van der Waals surface area contributed by atoms with Gasteiger partial charge in [-0.1, -0.05) is 33.6 Å². The predicted molar refractivity (Wildman–Crippen MR) is 64.7 cm³/mol. The summed E-state index contributed by atoms with van der Waals surface area (Å²) in [7, 11) is 0. The fraction of sp³-hybridized carbons (Fsp3) is 1.00. The van der Waals surface area contributed by atoms with Crippen molar-refractivity contribution in [3.05, 3.63) is 0 Å². The minimum absolute atomic E-state index is 0.599. The van der Waals surface area contributed by atoms with Crippen molar-refractivity contribution in [3.8, 4) is 0 Å². The van der Waals surface area contributed by atoms with Gasteiger partial charge in [0.2, 0.25) is 0 Å². The molecule has 14 heavy (non-hydrogen) atoms. The first kappa shape index (κ1) is 13.9. The quantitative estimate of drug-likeness (QED) is 0.559. The zero-order valence-corrected chi connectivity index (χ0v) is 10.4. The topological polar surface area (TPSA) is 24.1 Å². The molecule has 0 aromatic rings. The summed E-state index contributed by atoms with van der Waals surface area (Å²) in [5.41, 5.74) is 0.